The van der Waals surface area contributed by atoms with Gasteiger partial charge in [-0.15, -0.1) is 0 Å². The summed E-state index contributed by atoms with van der Waals surface area (Å²) in [4.78, 5) is 16.0. The molecule has 1 saturated heterocycles. The van der Waals surface area contributed by atoms with Crippen LogP contribution in [-0.2, 0) is 6.54 Å². The summed E-state index contributed by atoms with van der Waals surface area (Å²) in [5.74, 6) is 2.77. The summed E-state index contributed by atoms with van der Waals surface area (Å²) >= 11 is 0. The van der Waals surface area contributed by atoms with Gasteiger partial charge in [0.1, 0.15) is 11.6 Å². The summed E-state index contributed by atoms with van der Waals surface area (Å²) in [7, 11) is 0. The Balaban J connectivity index is 1.43. The Morgan fingerprint density at radius 3 is 2.60 bits per heavy atom. The lowest BCUT2D eigenvalue weighted by Crippen LogP contribution is -2.34. The van der Waals surface area contributed by atoms with Crippen LogP contribution in [0.15, 0.2) is 55.1 Å². The van der Waals surface area contributed by atoms with Crippen molar-refractivity contribution in [3.8, 4) is 0 Å². The highest BCUT2D eigenvalue weighted by molar-refractivity contribution is 5.39. The third kappa shape index (κ3) is 3.55. The maximum atomic E-state index is 4.65. The highest BCUT2D eigenvalue weighted by Crippen LogP contribution is 2.29. The summed E-state index contributed by atoms with van der Waals surface area (Å²) in [5, 5.41) is 0. The quantitative estimate of drug-likeness (QED) is 0.734. The number of hydrogen-bond acceptors (Lipinski definition) is 4. The summed E-state index contributed by atoms with van der Waals surface area (Å²) in [6, 6.07) is 10.3. The van der Waals surface area contributed by atoms with E-state index in [4.69, 9.17) is 0 Å². The molecule has 0 N–H and O–H groups in total. The van der Waals surface area contributed by atoms with Crippen molar-refractivity contribution in [2.24, 2.45) is 0 Å². The zero-order valence-corrected chi connectivity index (χ0v) is 14.5. The largest absolute Gasteiger partial charge is 0.357 e. The smallest absolute Gasteiger partial charge is 0.128 e. The molecule has 1 aliphatic rings. The van der Waals surface area contributed by atoms with Gasteiger partial charge in [0.05, 0.1) is 12.2 Å². The lowest BCUT2D eigenvalue weighted by atomic mass is 9.96. The SMILES string of the molecule is Cc1ccc(N2CCC(c3nccn3Cc3ccccn3)CC2)nc1. The van der Waals surface area contributed by atoms with Gasteiger partial charge in [-0.05, 0) is 43.5 Å². The third-order valence-electron chi connectivity index (χ3n) is 4.89. The predicted molar refractivity (Wildman–Crippen MR) is 98.7 cm³/mol. The molecule has 4 heterocycles. The van der Waals surface area contributed by atoms with Gasteiger partial charge in [0.25, 0.3) is 0 Å². The van der Waals surface area contributed by atoms with Crippen molar-refractivity contribution < 1.29 is 0 Å². The van der Waals surface area contributed by atoms with E-state index in [2.05, 4.69) is 55.7 Å². The van der Waals surface area contributed by atoms with Crippen LogP contribution in [0.4, 0.5) is 5.82 Å². The molecule has 0 radical (unpaired) electrons. The second-order valence-electron chi connectivity index (χ2n) is 6.69. The first-order chi connectivity index (χ1) is 12.3. The number of pyridine rings is 2. The molecule has 5 heteroatoms. The highest BCUT2D eigenvalue weighted by Gasteiger charge is 2.24. The van der Waals surface area contributed by atoms with E-state index in [9.17, 15) is 0 Å². The van der Waals surface area contributed by atoms with E-state index in [1.807, 2.05) is 30.7 Å². The molecule has 3 aromatic rings. The topological polar surface area (TPSA) is 46.8 Å². The Bertz CT molecular complexity index is 802. The molecule has 4 rings (SSSR count). The summed E-state index contributed by atoms with van der Waals surface area (Å²) in [5.41, 5.74) is 2.28. The average Bonchev–Trinajstić information content (AvgIpc) is 3.11. The number of hydrogen-bond donors (Lipinski definition) is 0. The molecule has 0 bridgehead atoms. The first-order valence-corrected chi connectivity index (χ1v) is 8.88. The number of aryl methyl sites for hydroxylation is 1. The molecule has 0 atom stereocenters. The zero-order chi connectivity index (χ0) is 17.1. The van der Waals surface area contributed by atoms with Crippen molar-refractivity contribution in [1.29, 1.82) is 0 Å². The molecule has 1 fully saturated rings. The Morgan fingerprint density at radius 2 is 1.88 bits per heavy atom. The van der Waals surface area contributed by atoms with Crippen molar-refractivity contribution in [2.45, 2.75) is 32.2 Å². The number of aromatic nitrogens is 4. The standard InChI is InChI=1S/C20H23N5/c1-16-5-6-19(23-14-16)24-11-7-17(8-12-24)20-22-10-13-25(20)15-18-4-2-3-9-21-18/h2-6,9-10,13-14,17H,7-8,11-12,15H2,1H3. The van der Waals surface area contributed by atoms with Crippen LogP contribution in [0.3, 0.4) is 0 Å². The first-order valence-electron chi connectivity index (χ1n) is 8.88. The van der Waals surface area contributed by atoms with Crippen molar-refractivity contribution in [1.82, 2.24) is 19.5 Å². The van der Waals surface area contributed by atoms with Crippen LogP contribution in [0.25, 0.3) is 0 Å². The van der Waals surface area contributed by atoms with Crippen molar-refractivity contribution >= 4 is 5.82 Å². The summed E-state index contributed by atoms with van der Waals surface area (Å²) in [6.07, 6.45) is 9.98. The van der Waals surface area contributed by atoms with E-state index in [0.29, 0.717) is 5.92 Å². The summed E-state index contributed by atoms with van der Waals surface area (Å²) < 4.78 is 2.24. The van der Waals surface area contributed by atoms with E-state index in [1.54, 1.807) is 0 Å². The Kier molecular flexibility index (Phi) is 4.46. The number of piperidine rings is 1. The van der Waals surface area contributed by atoms with Gasteiger partial charge in [0.15, 0.2) is 0 Å². The minimum absolute atomic E-state index is 0.500. The molecule has 0 aromatic carbocycles. The molecule has 128 valence electrons. The minimum atomic E-state index is 0.500. The van der Waals surface area contributed by atoms with Crippen LogP contribution in [0.5, 0.6) is 0 Å². The molecular weight excluding hydrogens is 310 g/mol. The monoisotopic (exact) mass is 333 g/mol. The number of imidazole rings is 1. The number of anilines is 1. The molecule has 0 unspecified atom stereocenters. The minimum Gasteiger partial charge on any atom is -0.357 e. The van der Waals surface area contributed by atoms with Crippen molar-refractivity contribution in [2.75, 3.05) is 18.0 Å². The van der Waals surface area contributed by atoms with Gasteiger partial charge in [-0.2, -0.15) is 0 Å². The lowest BCUT2D eigenvalue weighted by molar-refractivity contribution is 0.467. The molecule has 0 spiro atoms. The lowest BCUT2D eigenvalue weighted by Gasteiger charge is -2.32. The molecular formula is C20H23N5. The van der Waals surface area contributed by atoms with Gasteiger partial charge in [0, 0.05) is 43.8 Å². The van der Waals surface area contributed by atoms with Crippen LogP contribution < -0.4 is 4.90 Å². The van der Waals surface area contributed by atoms with Crippen LogP contribution in [0.2, 0.25) is 0 Å². The van der Waals surface area contributed by atoms with E-state index >= 15 is 0 Å². The van der Waals surface area contributed by atoms with Gasteiger partial charge in [0.2, 0.25) is 0 Å². The molecule has 0 saturated carbocycles. The van der Waals surface area contributed by atoms with E-state index in [-0.39, 0.29) is 0 Å². The molecule has 25 heavy (non-hydrogen) atoms. The maximum absolute atomic E-state index is 4.65. The molecule has 0 aliphatic carbocycles. The third-order valence-corrected chi connectivity index (χ3v) is 4.89. The predicted octanol–water partition coefficient (Wildman–Crippen LogP) is 3.41. The molecule has 3 aromatic heterocycles. The van der Waals surface area contributed by atoms with Crippen LogP contribution >= 0.6 is 0 Å². The number of nitrogens with zero attached hydrogens (tertiary/aromatic N) is 5. The fourth-order valence-electron chi connectivity index (χ4n) is 3.49. The van der Waals surface area contributed by atoms with Gasteiger partial charge in [-0.1, -0.05) is 12.1 Å². The van der Waals surface area contributed by atoms with E-state index in [0.717, 1.165) is 44.0 Å². The number of rotatable bonds is 4. The molecule has 0 amide bonds. The van der Waals surface area contributed by atoms with Crippen molar-refractivity contribution in [3.63, 3.8) is 0 Å². The molecule has 1 aliphatic heterocycles. The maximum Gasteiger partial charge on any atom is 0.128 e. The first kappa shape index (κ1) is 15.8. The second-order valence-corrected chi connectivity index (χ2v) is 6.69. The fraction of sp³-hybridized carbons (Fsp3) is 0.350. The Labute approximate surface area is 148 Å². The van der Waals surface area contributed by atoms with Crippen LogP contribution in [0.1, 0.15) is 35.8 Å². The Hall–Kier alpha value is -2.69. The fourth-order valence-corrected chi connectivity index (χ4v) is 3.49. The van der Waals surface area contributed by atoms with Crippen LogP contribution in [0, 0.1) is 6.92 Å². The second kappa shape index (κ2) is 7.05. The zero-order valence-electron chi connectivity index (χ0n) is 14.5. The summed E-state index contributed by atoms with van der Waals surface area (Å²) in [6.45, 7) is 4.91. The van der Waals surface area contributed by atoms with Gasteiger partial charge < -0.3 is 9.47 Å². The van der Waals surface area contributed by atoms with E-state index in [1.165, 1.54) is 11.4 Å². The van der Waals surface area contributed by atoms with Gasteiger partial charge in [-0.3, -0.25) is 4.98 Å². The highest BCUT2D eigenvalue weighted by atomic mass is 15.2. The van der Waals surface area contributed by atoms with Gasteiger partial charge in [-0.25, -0.2) is 9.97 Å². The molecule has 5 nitrogen and oxygen atoms in total. The average molecular weight is 333 g/mol. The van der Waals surface area contributed by atoms with Gasteiger partial charge >= 0.3 is 0 Å². The Morgan fingerprint density at radius 1 is 1.00 bits per heavy atom. The van der Waals surface area contributed by atoms with Crippen LogP contribution in [-0.4, -0.2) is 32.6 Å². The normalized spacial score (nSPS) is 15.5. The van der Waals surface area contributed by atoms with Crippen molar-refractivity contribution in [3.05, 3.63) is 72.2 Å². The van der Waals surface area contributed by atoms with E-state index < -0.39 is 0 Å².